The van der Waals surface area contributed by atoms with Gasteiger partial charge in [0.15, 0.2) is 0 Å². The summed E-state index contributed by atoms with van der Waals surface area (Å²) in [5.74, 6) is -1.51. The van der Waals surface area contributed by atoms with Crippen LogP contribution in [0.25, 0.3) is 0 Å². The van der Waals surface area contributed by atoms with E-state index in [9.17, 15) is 14.0 Å². The normalized spacial score (nSPS) is 16.2. The van der Waals surface area contributed by atoms with Crippen molar-refractivity contribution in [3.63, 3.8) is 0 Å². The van der Waals surface area contributed by atoms with Gasteiger partial charge in [-0.2, -0.15) is 4.99 Å². The molecule has 0 spiro atoms. The smallest absolute Gasteiger partial charge is 0.252 e. The molecule has 29 heavy (non-hydrogen) atoms. The molecule has 0 aromatic heterocycles. The third kappa shape index (κ3) is 5.38. The van der Waals surface area contributed by atoms with E-state index in [1.165, 1.54) is 12.1 Å². The summed E-state index contributed by atoms with van der Waals surface area (Å²) < 4.78 is 13.9. The van der Waals surface area contributed by atoms with Crippen molar-refractivity contribution in [3.05, 3.63) is 59.4 Å². The van der Waals surface area contributed by atoms with Crippen molar-refractivity contribution in [2.75, 3.05) is 10.6 Å². The fourth-order valence-corrected chi connectivity index (χ4v) is 2.74. The summed E-state index contributed by atoms with van der Waals surface area (Å²) in [5, 5.41) is 7.81. The summed E-state index contributed by atoms with van der Waals surface area (Å²) in [6.07, 6.45) is -0.247. The number of benzene rings is 2. The number of amides is 2. The molecule has 0 aliphatic carbocycles. The lowest BCUT2D eigenvalue weighted by molar-refractivity contribution is -0.123. The summed E-state index contributed by atoms with van der Waals surface area (Å²) in [7, 11) is 0. The third-order valence-electron chi connectivity index (χ3n) is 4.11. The predicted molar refractivity (Wildman–Crippen MR) is 110 cm³/mol. The van der Waals surface area contributed by atoms with Gasteiger partial charge in [0.25, 0.3) is 5.91 Å². The van der Waals surface area contributed by atoms with Gasteiger partial charge in [0.2, 0.25) is 17.8 Å². The average Bonchev–Trinajstić information content (AvgIpc) is 2.96. The van der Waals surface area contributed by atoms with Crippen LogP contribution >= 0.6 is 0 Å². The maximum atomic E-state index is 13.9. The number of nitrogens with zero attached hydrogens (tertiary/aromatic N) is 2. The molecule has 1 atom stereocenters. The Kier molecular flexibility index (Phi) is 5.87. The summed E-state index contributed by atoms with van der Waals surface area (Å²) in [6.45, 7) is 3.69. The molecule has 0 saturated heterocycles. The van der Waals surface area contributed by atoms with Crippen LogP contribution < -0.4 is 21.7 Å². The van der Waals surface area contributed by atoms with E-state index in [2.05, 4.69) is 25.9 Å². The molecule has 1 heterocycles. The molecule has 8 nitrogen and oxygen atoms in total. The third-order valence-corrected chi connectivity index (χ3v) is 4.11. The second-order valence-electron chi connectivity index (χ2n) is 6.68. The van der Waals surface area contributed by atoms with Gasteiger partial charge in [0, 0.05) is 5.69 Å². The summed E-state index contributed by atoms with van der Waals surface area (Å²) in [5.41, 5.74) is 8.42. The van der Waals surface area contributed by atoms with Gasteiger partial charge in [-0.15, -0.1) is 0 Å². The highest BCUT2D eigenvalue weighted by Crippen LogP contribution is 2.16. The standard InChI is InChI=1S/C20H21FN6O2/c1-11-4-3-5-13(8-11)23-19(22)27-20-25-16(18(29)26-20)10-17(28)24-15-7-6-12(2)9-14(15)21/h3-9,16H,10H2,1-2H3,(H,24,28)(H4,22,23,25,26,27,29). The van der Waals surface area contributed by atoms with Gasteiger partial charge in [0.05, 0.1) is 12.1 Å². The van der Waals surface area contributed by atoms with E-state index in [0.717, 1.165) is 16.8 Å². The number of aryl methyl sites for hydroxylation is 2. The second kappa shape index (κ2) is 8.51. The molecular formula is C20H21FN6O2. The van der Waals surface area contributed by atoms with E-state index in [1.54, 1.807) is 13.0 Å². The van der Waals surface area contributed by atoms with Crippen LogP contribution in [0.3, 0.4) is 0 Å². The zero-order chi connectivity index (χ0) is 21.0. The molecular weight excluding hydrogens is 375 g/mol. The number of nitrogens with one attached hydrogen (secondary N) is 3. The highest BCUT2D eigenvalue weighted by molar-refractivity contribution is 6.11. The molecule has 0 bridgehead atoms. The minimum atomic E-state index is -0.964. The first-order valence-electron chi connectivity index (χ1n) is 8.92. The Hall–Kier alpha value is -3.75. The Morgan fingerprint density at radius 3 is 2.69 bits per heavy atom. The number of carbonyl (C=O) groups excluding carboxylic acids is 2. The summed E-state index contributed by atoms with van der Waals surface area (Å²) in [4.78, 5) is 32.3. The number of aliphatic imine (C=N–C) groups is 2. The average molecular weight is 396 g/mol. The molecule has 5 N–H and O–H groups in total. The molecule has 3 rings (SSSR count). The Morgan fingerprint density at radius 1 is 1.21 bits per heavy atom. The SMILES string of the molecule is Cc1cccc(N/C(N)=N/C2=NC(CC(=O)Nc3ccc(C)cc3F)C(=O)N2)c1. The van der Waals surface area contributed by atoms with E-state index < -0.39 is 23.7 Å². The second-order valence-corrected chi connectivity index (χ2v) is 6.68. The van der Waals surface area contributed by atoms with Gasteiger partial charge >= 0.3 is 0 Å². The maximum Gasteiger partial charge on any atom is 0.252 e. The largest absolute Gasteiger partial charge is 0.369 e. The molecule has 150 valence electrons. The van der Waals surface area contributed by atoms with E-state index in [0.29, 0.717) is 0 Å². The quantitative estimate of drug-likeness (QED) is 0.467. The maximum absolute atomic E-state index is 13.9. The van der Waals surface area contributed by atoms with Crippen LogP contribution in [-0.4, -0.2) is 29.8 Å². The molecule has 2 amide bonds. The highest BCUT2D eigenvalue weighted by Gasteiger charge is 2.29. The van der Waals surface area contributed by atoms with Crippen molar-refractivity contribution < 1.29 is 14.0 Å². The Balaban J connectivity index is 1.62. The first kappa shape index (κ1) is 20.0. The van der Waals surface area contributed by atoms with Crippen molar-refractivity contribution >= 4 is 35.1 Å². The first-order chi connectivity index (χ1) is 13.8. The Bertz CT molecular complexity index is 1020. The van der Waals surface area contributed by atoms with E-state index in [1.807, 2.05) is 31.2 Å². The summed E-state index contributed by atoms with van der Waals surface area (Å²) in [6, 6.07) is 11.0. The van der Waals surface area contributed by atoms with E-state index in [4.69, 9.17) is 5.73 Å². The molecule has 1 aliphatic heterocycles. The molecule has 2 aromatic carbocycles. The van der Waals surface area contributed by atoms with Crippen LogP contribution in [0.15, 0.2) is 52.4 Å². The fourth-order valence-electron chi connectivity index (χ4n) is 2.74. The topological polar surface area (TPSA) is 121 Å². The van der Waals surface area contributed by atoms with Gasteiger partial charge < -0.3 is 16.4 Å². The number of carbonyl (C=O) groups is 2. The van der Waals surface area contributed by atoms with Crippen LogP contribution in [0.2, 0.25) is 0 Å². The Morgan fingerprint density at radius 2 is 1.97 bits per heavy atom. The fraction of sp³-hybridized carbons (Fsp3) is 0.200. The highest BCUT2D eigenvalue weighted by atomic mass is 19.1. The molecule has 0 saturated carbocycles. The number of anilines is 2. The molecule has 2 aromatic rings. The van der Waals surface area contributed by atoms with Gasteiger partial charge in [0.1, 0.15) is 11.9 Å². The van der Waals surface area contributed by atoms with E-state index in [-0.39, 0.29) is 24.0 Å². The van der Waals surface area contributed by atoms with Crippen molar-refractivity contribution in [3.8, 4) is 0 Å². The van der Waals surface area contributed by atoms with Crippen molar-refractivity contribution in [2.24, 2.45) is 15.7 Å². The van der Waals surface area contributed by atoms with Crippen LogP contribution in [0, 0.1) is 19.7 Å². The number of hydrogen-bond acceptors (Lipinski definition) is 4. The van der Waals surface area contributed by atoms with Gasteiger partial charge in [-0.05, 0) is 49.2 Å². The van der Waals surface area contributed by atoms with Gasteiger partial charge in [-0.1, -0.05) is 18.2 Å². The molecule has 0 radical (unpaired) electrons. The molecule has 9 heteroatoms. The Labute approximate surface area is 167 Å². The van der Waals surface area contributed by atoms with E-state index >= 15 is 0 Å². The minimum Gasteiger partial charge on any atom is -0.369 e. The molecule has 1 aliphatic rings. The minimum absolute atomic E-state index is 0.00645. The molecule has 0 fully saturated rings. The van der Waals surface area contributed by atoms with Crippen LogP contribution in [0.1, 0.15) is 17.5 Å². The van der Waals surface area contributed by atoms with Crippen LogP contribution in [-0.2, 0) is 9.59 Å². The van der Waals surface area contributed by atoms with Crippen molar-refractivity contribution in [2.45, 2.75) is 26.3 Å². The number of nitrogens with two attached hydrogens (primary N) is 1. The zero-order valence-corrected chi connectivity index (χ0v) is 16.0. The van der Waals surface area contributed by atoms with Crippen molar-refractivity contribution in [1.82, 2.24) is 5.32 Å². The summed E-state index contributed by atoms with van der Waals surface area (Å²) >= 11 is 0. The van der Waals surface area contributed by atoms with Gasteiger partial charge in [-0.25, -0.2) is 9.38 Å². The lowest BCUT2D eigenvalue weighted by Crippen LogP contribution is -2.32. The van der Waals surface area contributed by atoms with Crippen LogP contribution in [0.4, 0.5) is 15.8 Å². The number of guanidine groups is 2. The lowest BCUT2D eigenvalue weighted by atomic mass is 10.2. The first-order valence-corrected chi connectivity index (χ1v) is 8.92. The molecule has 1 unspecified atom stereocenters. The zero-order valence-electron chi connectivity index (χ0n) is 16.0. The lowest BCUT2D eigenvalue weighted by Gasteiger charge is -2.08. The van der Waals surface area contributed by atoms with Crippen LogP contribution in [0.5, 0.6) is 0 Å². The monoisotopic (exact) mass is 396 g/mol. The predicted octanol–water partition coefficient (Wildman–Crippen LogP) is 2.05. The number of halogens is 1. The van der Waals surface area contributed by atoms with Crippen molar-refractivity contribution in [1.29, 1.82) is 0 Å². The van der Waals surface area contributed by atoms with Gasteiger partial charge in [-0.3, -0.25) is 14.9 Å². The number of rotatable bonds is 4. The number of hydrogen-bond donors (Lipinski definition) is 4.